The molecule has 2 rings (SSSR count). The van der Waals surface area contributed by atoms with Gasteiger partial charge in [0.1, 0.15) is 5.69 Å². The summed E-state index contributed by atoms with van der Waals surface area (Å²) in [6.07, 6.45) is 2.64. The van der Waals surface area contributed by atoms with Crippen molar-refractivity contribution in [1.29, 1.82) is 0 Å². The quantitative estimate of drug-likeness (QED) is 0.507. The van der Waals surface area contributed by atoms with Crippen LogP contribution in [0, 0.1) is 10.1 Å². The van der Waals surface area contributed by atoms with Crippen molar-refractivity contribution in [3.63, 3.8) is 0 Å². The lowest BCUT2D eigenvalue weighted by Gasteiger charge is -2.04. The predicted molar refractivity (Wildman–Crippen MR) is 72.1 cm³/mol. The minimum atomic E-state index is -0.569. The number of benzene rings is 1. The van der Waals surface area contributed by atoms with E-state index in [1.165, 1.54) is 29.2 Å². The first kappa shape index (κ1) is 14.7. The standard InChI is InChI=1S/C13H13N3O5/c1-2-21-13(18)10-6-14-15(7-10)11-4-3-9(8-17)5-12(11)16(19)20/h3-7,17H,2,8H2,1H3. The largest absolute Gasteiger partial charge is 0.462 e. The van der Waals surface area contributed by atoms with Gasteiger partial charge < -0.3 is 9.84 Å². The molecule has 0 saturated heterocycles. The first-order valence-corrected chi connectivity index (χ1v) is 6.17. The molecule has 0 aliphatic carbocycles. The lowest BCUT2D eigenvalue weighted by molar-refractivity contribution is -0.384. The van der Waals surface area contributed by atoms with Gasteiger partial charge in [0.2, 0.25) is 0 Å². The van der Waals surface area contributed by atoms with Gasteiger partial charge in [0.15, 0.2) is 0 Å². The Morgan fingerprint density at radius 2 is 2.29 bits per heavy atom. The summed E-state index contributed by atoms with van der Waals surface area (Å²) < 4.78 is 6.06. The van der Waals surface area contributed by atoms with Gasteiger partial charge in [0.05, 0.1) is 29.9 Å². The molecular formula is C13H13N3O5. The zero-order valence-corrected chi connectivity index (χ0v) is 11.2. The number of hydrogen-bond acceptors (Lipinski definition) is 6. The zero-order chi connectivity index (χ0) is 15.4. The van der Waals surface area contributed by atoms with E-state index in [2.05, 4.69) is 5.10 Å². The van der Waals surface area contributed by atoms with Crippen LogP contribution in [0.25, 0.3) is 5.69 Å². The molecule has 21 heavy (non-hydrogen) atoms. The average Bonchev–Trinajstić information content (AvgIpc) is 2.96. The van der Waals surface area contributed by atoms with E-state index in [1.54, 1.807) is 13.0 Å². The van der Waals surface area contributed by atoms with Crippen molar-refractivity contribution in [3.8, 4) is 5.69 Å². The maximum absolute atomic E-state index is 11.6. The molecule has 0 unspecified atom stereocenters. The van der Waals surface area contributed by atoms with Crippen LogP contribution in [-0.2, 0) is 11.3 Å². The number of hydrogen-bond donors (Lipinski definition) is 1. The highest BCUT2D eigenvalue weighted by atomic mass is 16.6. The Balaban J connectivity index is 2.42. The smallest absolute Gasteiger partial charge is 0.341 e. The predicted octanol–water partition coefficient (Wildman–Crippen LogP) is 1.45. The third kappa shape index (κ3) is 3.06. The van der Waals surface area contributed by atoms with Crippen molar-refractivity contribution in [2.45, 2.75) is 13.5 Å². The van der Waals surface area contributed by atoms with Gasteiger partial charge in [0, 0.05) is 12.3 Å². The summed E-state index contributed by atoms with van der Waals surface area (Å²) >= 11 is 0. The molecule has 1 aromatic carbocycles. The molecule has 1 aromatic heterocycles. The van der Waals surface area contributed by atoms with Crippen LogP contribution in [-0.4, -0.2) is 32.4 Å². The van der Waals surface area contributed by atoms with E-state index < -0.39 is 10.9 Å². The number of aliphatic hydroxyl groups is 1. The molecule has 0 radical (unpaired) electrons. The number of carbonyl (C=O) groups is 1. The molecule has 0 aliphatic heterocycles. The molecule has 110 valence electrons. The summed E-state index contributed by atoms with van der Waals surface area (Å²) in [5.74, 6) is -0.543. The van der Waals surface area contributed by atoms with E-state index in [9.17, 15) is 14.9 Å². The molecule has 1 heterocycles. The number of nitro groups is 1. The summed E-state index contributed by atoms with van der Waals surface area (Å²) in [7, 11) is 0. The number of nitro benzene ring substituents is 1. The molecule has 1 N–H and O–H groups in total. The number of rotatable bonds is 5. The van der Waals surface area contributed by atoms with Crippen molar-refractivity contribution >= 4 is 11.7 Å². The van der Waals surface area contributed by atoms with Crippen molar-refractivity contribution < 1.29 is 19.6 Å². The third-order valence-corrected chi connectivity index (χ3v) is 2.76. The Kier molecular flexibility index (Phi) is 4.29. The Morgan fingerprint density at radius 1 is 1.52 bits per heavy atom. The average molecular weight is 291 g/mol. The van der Waals surface area contributed by atoms with Crippen LogP contribution in [0.5, 0.6) is 0 Å². The van der Waals surface area contributed by atoms with Crippen LogP contribution in [0.3, 0.4) is 0 Å². The summed E-state index contributed by atoms with van der Waals surface area (Å²) in [5, 5.41) is 24.1. The van der Waals surface area contributed by atoms with Crippen LogP contribution in [0.4, 0.5) is 5.69 Å². The molecule has 0 bridgehead atoms. The molecule has 8 heteroatoms. The van der Waals surface area contributed by atoms with E-state index >= 15 is 0 Å². The van der Waals surface area contributed by atoms with Crippen LogP contribution < -0.4 is 0 Å². The molecule has 0 atom stereocenters. The highest BCUT2D eigenvalue weighted by molar-refractivity contribution is 5.88. The van der Waals surface area contributed by atoms with E-state index in [-0.39, 0.29) is 30.2 Å². The molecule has 0 spiro atoms. The normalized spacial score (nSPS) is 10.4. The lowest BCUT2D eigenvalue weighted by Crippen LogP contribution is -2.04. The van der Waals surface area contributed by atoms with E-state index in [4.69, 9.17) is 9.84 Å². The molecular weight excluding hydrogens is 278 g/mol. The van der Waals surface area contributed by atoms with Gasteiger partial charge in [-0.1, -0.05) is 6.07 Å². The van der Waals surface area contributed by atoms with Gasteiger partial charge >= 0.3 is 5.97 Å². The Bertz CT molecular complexity index is 680. The van der Waals surface area contributed by atoms with Gasteiger partial charge in [-0.15, -0.1) is 0 Å². The Hall–Kier alpha value is -2.74. The zero-order valence-electron chi connectivity index (χ0n) is 11.2. The van der Waals surface area contributed by atoms with Crippen LogP contribution in [0.1, 0.15) is 22.8 Å². The number of ether oxygens (including phenoxy) is 1. The molecule has 2 aromatic rings. The fourth-order valence-electron chi connectivity index (χ4n) is 1.78. The number of esters is 1. The summed E-state index contributed by atoms with van der Waals surface area (Å²) in [6.45, 7) is 1.62. The van der Waals surface area contributed by atoms with E-state index in [0.717, 1.165) is 0 Å². The van der Waals surface area contributed by atoms with Crippen molar-refractivity contribution in [2.75, 3.05) is 6.61 Å². The maximum Gasteiger partial charge on any atom is 0.341 e. The van der Waals surface area contributed by atoms with Gasteiger partial charge in [0.25, 0.3) is 5.69 Å². The van der Waals surface area contributed by atoms with E-state index in [0.29, 0.717) is 5.56 Å². The van der Waals surface area contributed by atoms with Crippen molar-refractivity contribution in [2.24, 2.45) is 0 Å². The molecule has 0 saturated carbocycles. The van der Waals surface area contributed by atoms with Crippen LogP contribution in [0.2, 0.25) is 0 Å². The topological polar surface area (TPSA) is 107 Å². The fraction of sp³-hybridized carbons (Fsp3) is 0.231. The minimum absolute atomic E-state index is 0.202. The summed E-state index contributed by atoms with van der Waals surface area (Å²) in [6, 6.07) is 4.28. The summed E-state index contributed by atoms with van der Waals surface area (Å²) in [5.41, 5.74) is 0.619. The van der Waals surface area contributed by atoms with Gasteiger partial charge in [-0.3, -0.25) is 10.1 Å². The second-order valence-corrected chi connectivity index (χ2v) is 4.13. The van der Waals surface area contributed by atoms with Gasteiger partial charge in [-0.05, 0) is 18.6 Å². The number of aliphatic hydroxyl groups excluding tert-OH is 1. The molecule has 0 aliphatic rings. The first-order valence-electron chi connectivity index (χ1n) is 6.17. The van der Waals surface area contributed by atoms with Gasteiger partial charge in [-0.25, -0.2) is 9.48 Å². The highest BCUT2D eigenvalue weighted by Gasteiger charge is 2.18. The van der Waals surface area contributed by atoms with Crippen LogP contribution in [0.15, 0.2) is 30.6 Å². The molecule has 8 nitrogen and oxygen atoms in total. The Labute approximate surface area is 119 Å². The van der Waals surface area contributed by atoms with E-state index in [1.807, 2.05) is 0 Å². The van der Waals surface area contributed by atoms with Crippen molar-refractivity contribution in [3.05, 3.63) is 51.8 Å². The highest BCUT2D eigenvalue weighted by Crippen LogP contribution is 2.24. The van der Waals surface area contributed by atoms with Gasteiger partial charge in [-0.2, -0.15) is 5.10 Å². The monoisotopic (exact) mass is 291 g/mol. The Morgan fingerprint density at radius 3 is 2.90 bits per heavy atom. The second-order valence-electron chi connectivity index (χ2n) is 4.13. The van der Waals surface area contributed by atoms with Crippen molar-refractivity contribution in [1.82, 2.24) is 9.78 Å². The lowest BCUT2D eigenvalue weighted by atomic mass is 10.2. The summed E-state index contributed by atoms with van der Waals surface area (Å²) in [4.78, 5) is 22.1. The minimum Gasteiger partial charge on any atom is -0.462 e. The SMILES string of the molecule is CCOC(=O)c1cnn(-c2ccc(CO)cc2[N+](=O)[O-])c1. The molecule has 0 fully saturated rings. The second kappa shape index (κ2) is 6.14. The number of nitrogens with zero attached hydrogens (tertiary/aromatic N) is 3. The maximum atomic E-state index is 11.6. The number of carbonyl (C=O) groups excluding carboxylic acids is 1. The fourth-order valence-corrected chi connectivity index (χ4v) is 1.78. The first-order chi connectivity index (χ1) is 10.1. The third-order valence-electron chi connectivity index (χ3n) is 2.76. The van der Waals surface area contributed by atoms with Crippen LogP contribution >= 0.6 is 0 Å². The number of aromatic nitrogens is 2. The molecule has 0 amide bonds.